The van der Waals surface area contributed by atoms with Crippen molar-refractivity contribution >= 4 is 46.6 Å². The summed E-state index contributed by atoms with van der Waals surface area (Å²) in [6.45, 7) is 2.02. The van der Waals surface area contributed by atoms with Crippen molar-refractivity contribution in [2.45, 2.75) is 6.92 Å². The fraction of sp³-hybridized carbons (Fsp3) is 0.111. The second kappa shape index (κ2) is 6.14. The molecule has 1 aliphatic rings. The lowest BCUT2D eigenvalue weighted by Gasteiger charge is -2.19. The van der Waals surface area contributed by atoms with E-state index in [1.165, 1.54) is 4.90 Å². The van der Waals surface area contributed by atoms with E-state index in [9.17, 15) is 4.79 Å². The summed E-state index contributed by atoms with van der Waals surface area (Å²) in [5.74, 6) is -0.120. The molecule has 0 atom stereocenters. The number of benzene rings is 2. The summed E-state index contributed by atoms with van der Waals surface area (Å²) in [6.07, 6.45) is 1.83. The second-order valence-corrected chi connectivity index (χ2v) is 6.20. The molecule has 0 aromatic heterocycles. The number of likely N-dealkylation sites (N-methyl/N-ethyl adjacent to an activating group) is 1. The topological polar surface area (TPSA) is 23.6 Å². The summed E-state index contributed by atoms with van der Waals surface area (Å²) in [4.78, 5) is 15.8. The van der Waals surface area contributed by atoms with Crippen molar-refractivity contribution in [3.05, 3.63) is 70.4 Å². The van der Waals surface area contributed by atoms with Crippen molar-refractivity contribution in [1.82, 2.24) is 4.90 Å². The van der Waals surface area contributed by atoms with Crippen LogP contribution in [0, 0.1) is 6.92 Å². The highest BCUT2D eigenvalue weighted by atomic mass is 35.5. The van der Waals surface area contributed by atoms with Crippen LogP contribution in [0.4, 0.5) is 5.69 Å². The molecule has 0 unspecified atom stereocenters. The molecular weight excluding hydrogens is 328 g/mol. The smallest absolute Gasteiger partial charge is 0.276 e. The van der Waals surface area contributed by atoms with Gasteiger partial charge in [0.2, 0.25) is 0 Å². The van der Waals surface area contributed by atoms with Crippen molar-refractivity contribution in [3.8, 4) is 0 Å². The quantitative estimate of drug-likeness (QED) is 0.602. The van der Waals surface area contributed by atoms with Gasteiger partial charge in [-0.2, -0.15) is 0 Å². The average molecular weight is 343 g/mol. The normalized spacial score (nSPS) is 16.6. The van der Waals surface area contributed by atoms with E-state index in [2.05, 4.69) is 0 Å². The number of anilines is 1. The van der Waals surface area contributed by atoms with Gasteiger partial charge in [-0.05, 0) is 55.0 Å². The summed E-state index contributed by atoms with van der Waals surface area (Å²) >= 11 is 11.4. The van der Waals surface area contributed by atoms with Gasteiger partial charge in [0, 0.05) is 17.8 Å². The van der Waals surface area contributed by atoms with E-state index >= 15 is 0 Å². The molecule has 0 radical (unpaired) electrons. The first-order valence-electron chi connectivity index (χ1n) is 7.13. The van der Waals surface area contributed by atoms with E-state index in [4.69, 9.17) is 23.8 Å². The number of rotatable bonds is 2. The molecule has 0 saturated carbocycles. The molecule has 1 aliphatic heterocycles. The van der Waals surface area contributed by atoms with E-state index in [0.29, 0.717) is 15.8 Å². The predicted octanol–water partition coefficient (Wildman–Crippen LogP) is 4.25. The zero-order valence-electron chi connectivity index (χ0n) is 12.8. The maximum absolute atomic E-state index is 12.5. The zero-order valence-corrected chi connectivity index (χ0v) is 14.4. The molecular formula is C18H15ClN2OS. The van der Waals surface area contributed by atoms with E-state index in [0.717, 1.165) is 16.8 Å². The van der Waals surface area contributed by atoms with Crippen molar-refractivity contribution in [3.63, 3.8) is 0 Å². The molecule has 3 nitrogen and oxygen atoms in total. The Morgan fingerprint density at radius 2 is 1.65 bits per heavy atom. The Hall–Kier alpha value is -2.17. The molecule has 1 heterocycles. The molecule has 1 saturated heterocycles. The van der Waals surface area contributed by atoms with Crippen molar-refractivity contribution in [2.24, 2.45) is 0 Å². The number of nitrogens with zero attached hydrogens (tertiary/aromatic N) is 2. The number of halogens is 1. The van der Waals surface area contributed by atoms with Gasteiger partial charge in [0.25, 0.3) is 5.91 Å². The van der Waals surface area contributed by atoms with Gasteiger partial charge in [-0.25, -0.2) is 0 Å². The number of hydrogen-bond acceptors (Lipinski definition) is 2. The van der Waals surface area contributed by atoms with Crippen LogP contribution >= 0.6 is 23.8 Å². The molecule has 0 bridgehead atoms. The van der Waals surface area contributed by atoms with Gasteiger partial charge in [-0.1, -0.05) is 41.4 Å². The van der Waals surface area contributed by atoms with Gasteiger partial charge in [0.1, 0.15) is 5.70 Å². The third-order valence-corrected chi connectivity index (χ3v) is 4.42. The minimum Gasteiger partial charge on any atom is -0.286 e. The Morgan fingerprint density at radius 1 is 1.04 bits per heavy atom. The summed E-state index contributed by atoms with van der Waals surface area (Å²) in [5.41, 5.74) is 3.46. The lowest BCUT2D eigenvalue weighted by Crippen LogP contribution is -2.29. The van der Waals surface area contributed by atoms with Crippen molar-refractivity contribution in [1.29, 1.82) is 0 Å². The van der Waals surface area contributed by atoms with Crippen LogP contribution in [-0.4, -0.2) is 23.0 Å². The van der Waals surface area contributed by atoms with Crippen LogP contribution in [0.1, 0.15) is 11.1 Å². The highest BCUT2D eigenvalue weighted by Crippen LogP contribution is 2.29. The Bertz CT molecular complexity index is 797. The third-order valence-electron chi connectivity index (χ3n) is 3.71. The van der Waals surface area contributed by atoms with Crippen LogP contribution in [0.25, 0.3) is 6.08 Å². The van der Waals surface area contributed by atoms with Gasteiger partial charge in [0.15, 0.2) is 5.11 Å². The fourth-order valence-electron chi connectivity index (χ4n) is 2.39. The number of amides is 1. The molecule has 1 amide bonds. The highest BCUT2D eigenvalue weighted by molar-refractivity contribution is 7.80. The zero-order chi connectivity index (χ0) is 16.6. The second-order valence-electron chi connectivity index (χ2n) is 5.40. The number of carbonyl (C=O) groups is 1. The van der Waals surface area contributed by atoms with E-state index in [-0.39, 0.29) is 5.91 Å². The van der Waals surface area contributed by atoms with E-state index < -0.39 is 0 Å². The van der Waals surface area contributed by atoms with Gasteiger partial charge in [-0.15, -0.1) is 0 Å². The Morgan fingerprint density at radius 3 is 2.26 bits per heavy atom. The van der Waals surface area contributed by atoms with Crippen LogP contribution in [0.15, 0.2) is 54.2 Å². The van der Waals surface area contributed by atoms with Crippen LogP contribution in [0.3, 0.4) is 0 Å². The maximum Gasteiger partial charge on any atom is 0.276 e. The Balaban J connectivity index is 2.07. The fourth-order valence-corrected chi connectivity index (χ4v) is 2.81. The molecule has 0 N–H and O–H groups in total. The molecule has 3 rings (SSSR count). The minimum absolute atomic E-state index is 0.120. The first-order chi connectivity index (χ1) is 11.0. The third kappa shape index (κ3) is 3.00. The number of thiocarbonyl (C=S) groups is 1. The Labute approximate surface area is 145 Å². The highest BCUT2D eigenvalue weighted by Gasteiger charge is 2.36. The lowest BCUT2D eigenvalue weighted by atomic mass is 10.1. The largest absolute Gasteiger partial charge is 0.286 e. The molecule has 5 heteroatoms. The van der Waals surface area contributed by atoms with Crippen molar-refractivity contribution < 1.29 is 4.79 Å². The first-order valence-corrected chi connectivity index (χ1v) is 7.92. The molecule has 0 aliphatic carbocycles. The standard InChI is InChI=1S/C18H15ClN2OS/c1-12-3-9-15(10-4-12)21-16(17(22)20(2)18(21)23)11-13-5-7-14(19)8-6-13/h3-11H,1-2H3. The van der Waals surface area contributed by atoms with Gasteiger partial charge < -0.3 is 0 Å². The molecule has 23 heavy (non-hydrogen) atoms. The average Bonchev–Trinajstić information content (AvgIpc) is 2.75. The molecule has 2 aromatic rings. The maximum atomic E-state index is 12.5. The van der Waals surface area contributed by atoms with Gasteiger partial charge in [-0.3, -0.25) is 14.6 Å². The van der Waals surface area contributed by atoms with Crippen LogP contribution < -0.4 is 4.90 Å². The van der Waals surface area contributed by atoms with Crippen molar-refractivity contribution in [2.75, 3.05) is 11.9 Å². The summed E-state index contributed by atoms with van der Waals surface area (Å²) in [6, 6.07) is 15.3. The summed E-state index contributed by atoms with van der Waals surface area (Å²) < 4.78 is 0. The molecule has 0 spiro atoms. The van der Waals surface area contributed by atoms with Gasteiger partial charge >= 0.3 is 0 Å². The lowest BCUT2D eigenvalue weighted by molar-refractivity contribution is -0.121. The summed E-state index contributed by atoms with van der Waals surface area (Å²) in [5, 5.41) is 1.13. The van der Waals surface area contributed by atoms with Crippen LogP contribution in [0.5, 0.6) is 0 Å². The number of aryl methyl sites for hydroxylation is 1. The minimum atomic E-state index is -0.120. The predicted molar refractivity (Wildman–Crippen MR) is 98.5 cm³/mol. The molecule has 2 aromatic carbocycles. The number of hydrogen-bond donors (Lipinski definition) is 0. The Kier molecular flexibility index (Phi) is 4.20. The van der Waals surface area contributed by atoms with Gasteiger partial charge in [0.05, 0.1) is 0 Å². The van der Waals surface area contributed by atoms with E-state index in [1.807, 2.05) is 49.4 Å². The first kappa shape index (κ1) is 15.7. The monoisotopic (exact) mass is 342 g/mol. The van der Waals surface area contributed by atoms with E-state index in [1.54, 1.807) is 24.1 Å². The SMILES string of the molecule is Cc1ccc(N2C(=S)N(C)C(=O)C2=Cc2ccc(Cl)cc2)cc1. The molecule has 1 fully saturated rings. The summed E-state index contributed by atoms with van der Waals surface area (Å²) in [7, 11) is 1.69. The van der Waals surface area contributed by atoms with Crippen LogP contribution in [0.2, 0.25) is 5.02 Å². The van der Waals surface area contributed by atoms with Crippen LogP contribution in [-0.2, 0) is 4.79 Å². The number of carbonyl (C=O) groups excluding carboxylic acids is 1. The molecule has 116 valence electrons.